The average Bonchev–Trinajstić information content (AvgIpc) is 2.44. The molecule has 0 saturated carbocycles. The summed E-state index contributed by atoms with van der Waals surface area (Å²) in [5.41, 5.74) is 2.15. The van der Waals surface area contributed by atoms with Crippen molar-refractivity contribution >= 4 is 6.09 Å². The highest BCUT2D eigenvalue weighted by Gasteiger charge is 2.37. The Morgan fingerprint density at radius 3 is 2.38 bits per heavy atom. The average molecular weight is 335 g/mol. The van der Waals surface area contributed by atoms with Gasteiger partial charge < -0.3 is 9.64 Å². The Labute approximate surface area is 145 Å². The molecule has 0 unspecified atom stereocenters. The summed E-state index contributed by atoms with van der Waals surface area (Å²) >= 11 is 0. The molecule has 0 N–H and O–H groups in total. The van der Waals surface area contributed by atoms with Crippen molar-refractivity contribution in [3.8, 4) is 0 Å². The number of hydrogen-bond donors (Lipinski definition) is 0. The number of hydrogen-bond acceptors (Lipinski definition) is 2. The molecule has 0 spiro atoms. The van der Waals surface area contributed by atoms with Crippen molar-refractivity contribution in [2.45, 2.75) is 71.8 Å². The number of amides is 1. The maximum Gasteiger partial charge on any atom is 0.410 e. The zero-order chi connectivity index (χ0) is 18.1. The molecular formula is C20H30FNO2. The van der Waals surface area contributed by atoms with E-state index in [1.165, 1.54) is 0 Å². The number of nitrogens with zero attached hydrogens (tertiary/aromatic N) is 1. The first-order valence-corrected chi connectivity index (χ1v) is 8.83. The van der Waals surface area contributed by atoms with Crippen molar-refractivity contribution in [2.75, 3.05) is 13.1 Å². The molecule has 1 aromatic rings. The lowest BCUT2D eigenvalue weighted by molar-refractivity contribution is 0.0170. The number of rotatable bonds is 2. The largest absolute Gasteiger partial charge is 0.444 e. The van der Waals surface area contributed by atoms with E-state index in [0.29, 0.717) is 13.1 Å². The van der Waals surface area contributed by atoms with Gasteiger partial charge >= 0.3 is 6.09 Å². The summed E-state index contributed by atoms with van der Waals surface area (Å²) in [5.74, 6) is -0.111. The van der Waals surface area contributed by atoms with E-state index in [-0.39, 0.29) is 17.3 Å². The second-order valence-electron chi connectivity index (χ2n) is 8.16. The standard InChI is InChI=1S/C20H30FNO2/c1-7-15-12-14(2)13-16(21)17(15)20(6)8-10-22(11-9-20)18(23)24-19(3,4)5/h12-13H,7-11H2,1-6H3. The van der Waals surface area contributed by atoms with Crippen molar-refractivity contribution < 1.29 is 13.9 Å². The van der Waals surface area contributed by atoms with Gasteiger partial charge in [-0.2, -0.15) is 0 Å². The quantitative estimate of drug-likeness (QED) is 0.762. The van der Waals surface area contributed by atoms with E-state index in [2.05, 4.69) is 19.9 Å². The van der Waals surface area contributed by atoms with Crippen LogP contribution in [0.1, 0.15) is 64.2 Å². The molecule has 24 heavy (non-hydrogen) atoms. The van der Waals surface area contributed by atoms with Gasteiger partial charge in [0.2, 0.25) is 0 Å². The lowest BCUT2D eigenvalue weighted by Gasteiger charge is -2.41. The molecule has 0 bridgehead atoms. The predicted molar refractivity (Wildman–Crippen MR) is 94.9 cm³/mol. The molecule has 3 nitrogen and oxygen atoms in total. The smallest absolute Gasteiger partial charge is 0.410 e. The van der Waals surface area contributed by atoms with Crippen LogP contribution in [-0.4, -0.2) is 29.7 Å². The summed E-state index contributed by atoms with van der Waals surface area (Å²) in [6.45, 7) is 12.9. The number of carbonyl (C=O) groups is 1. The van der Waals surface area contributed by atoms with Crippen LogP contribution in [0.4, 0.5) is 9.18 Å². The zero-order valence-corrected chi connectivity index (χ0v) is 15.8. The molecule has 1 aliphatic heterocycles. The van der Waals surface area contributed by atoms with E-state index in [0.717, 1.165) is 36.0 Å². The Kier molecular flexibility index (Phi) is 5.26. The van der Waals surface area contributed by atoms with E-state index in [1.54, 1.807) is 11.0 Å². The fraction of sp³-hybridized carbons (Fsp3) is 0.650. The van der Waals surface area contributed by atoms with Gasteiger partial charge in [-0.15, -0.1) is 0 Å². The highest BCUT2D eigenvalue weighted by Crippen LogP contribution is 2.39. The van der Waals surface area contributed by atoms with Gasteiger partial charge in [0.15, 0.2) is 0 Å². The third-order valence-electron chi connectivity index (χ3n) is 4.82. The van der Waals surface area contributed by atoms with E-state index < -0.39 is 5.60 Å². The van der Waals surface area contributed by atoms with E-state index in [1.807, 2.05) is 27.7 Å². The lowest BCUT2D eigenvalue weighted by atomic mass is 9.72. The van der Waals surface area contributed by atoms with Gasteiger partial charge in [-0.25, -0.2) is 9.18 Å². The summed E-state index contributed by atoms with van der Waals surface area (Å²) in [7, 11) is 0. The first-order valence-electron chi connectivity index (χ1n) is 8.83. The molecule has 1 heterocycles. The van der Waals surface area contributed by atoms with Crippen LogP contribution in [0, 0.1) is 12.7 Å². The molecule has 0 atom stereocenters. The second-order valence-corrected chi connectivity index (χ2v) is 8.16. The summed E-state index contributed by atoms with van der Waals surface area (Å²) in [6, 6.07) is 3.71. The number of carbonyl (C=O) groups excluding carboxylic acids is 1. The Bertz CT molecular complexity index is 611. The molecule has 0 aliphatic carbocycles. The number of benzene rings is 1. The van der Waals surface area contributed by atoms with Crippen LogP contribution in [0.2, 0.25) is 0 Å². The number of ether oxygens (including phenoxy) is 1. The lowest BCUT2D eigenvalue weighted by Crippen LogP contribution is -2.46. The molecule has 1 aliphatic rings. The molecule has 134 valence electrons. The normalized spacial score (nSPS) is 17.7. The third kappa shape index (κ3) is 4.08. The maximum absolute atomic E-state index is 14.7. The van der Waals surface area contributed by atoms with Crippen LogP contribution < -0.4 is 0 Å². The molecule has 0 aromatic heterocycles. The van der Waals surface area contributed by atoms with Crippen LogP contribution in [0.3, 0.4) is 0 Å². The van der Waals surface area contributed by atoms with Gasteiger partial charge in [-0.05, 0) is 75.1 Å². The van der Waals surface area contributed by atoms with Crippen LogP contribution in [0.5, 0.6) is 0 Å². The maximum atomic E-state index is 14.7. The number of piperidine rings is 1. The Morgan fingerprint density at radius 1 is 1.29 bits per heavy atom. The van der Waals surface area contributed by atoms with E-state index >= 15 is 0 Å². The molecule has 2 rings (SSSR count). The van der Waals surface area contributed by atoms with Crippen molar-refractivity contribution in [3.63, 3.8) is 0 Å². The summed E-state index contributed by atoms with van der Waals surface area (Å²) in [5, 5.41) is 0. The third-order valence-corrected chi connectivity index (χ3v) is 4.82. The molecule has 0 radical (unpaired) electrons. The SMILES string of the molecule is CCc1cc(C)cc(F)c1C1(C)CCN(C(=O)OC(C)(C)C)CC1. The second kappa shape index (κ2) is 6.73. The van der Waals surface area contributed by atoms with Crippen molar-refractivity contribution in [1.82, 2.24) is 4.90 Å². The molecular weight excluding hydrogens is 305 g/mol. The van der Waals surface area contributed by atoms with E-state index in [4.69, 9.17) is 4.74 Å². The molecule has 1 saturated heterocycles. The van der Waals surface area contributed by atoms with Gasteiger partial charge in [0.05, 0.1) is 0 Å². The topological polar surface area (TPSA) is 29.5 Å². The van der Waals surface area contributed by atoms with E-state index in [9.17, 15) is 9.18 Å². The van der Waals surface area contributed by atoms with Gasteiger partial charge in [0.1, 0.15) is 11.4 Å². The van der Waals surface area contributed by atoms with Crippen molar-refractivity contribution in [3.05, 3.63) is 34.6 Å². The minimum Gasteiger partial charge on any atom is -0.444 e. The first kappa shape index (κ1) is 18.8. The predicted octanol–water partition coefficient (Wildman–Crippen LogP) is 4.99. The van der Waals surface area contributed by atoms with Crippen LogP contribution in [0.25, 0.3) is 0 Å². The summed E-state index contributed by atoms with van der Waals surface area (Å²) in [6.07, 6.45) is 2.04. The molecule has 1 aromatic carbocycles. The first-order chi connectivity index (χ1) is 11.1. The Morgan fingerprint density at radius 2 is 1.88 bits per heavy atom. The molecule has 1 fully saturated rings. The summed E-state index contributed by atoms with van der Waals surface area (Å²) < 4.78 is 20.1. The Balaban J connectivity index is 2.17. The number of aryl methyl sites for hydroxylation is 2. The zero-order valence-electron chi connectivity index (χ0n) is 15.8. The monoisotopic (exact) mass is 335 g/mol. The number of halogens is 1. The van der Waals surface area contributed by atoms with Crippen molar-refractivity contribution in [1.29, 1.82) is 0 Å². The molecule has 1 amide bonds. The highest BCUT2D eigenvalue weighted by atomic mass is 19.1. The van der Waals surface area contributed by atoms with Gasteiger partial charge in [-0.1, -0.05) is 19.9 Å². The summed E-state index contributed by atoms with van der Waals surface area (Å²) in [4.78, 5) is 14.0. The van der Waals surface area contributed by atoms with Crippen LogP contribution >= 0.6 is 0 Å². The fourth-order valence-electron chi connectivity index (χ4n) is 3.53. The minimum absolute atomic E-state index is 0.111. The highest BCUT2D eigenvalue weighted by molar-refractivity contribution is 5.68. The minimum atomic E-state index is -0.490. The van der Waals surface area contributed by atoms with Crippen molar-refractivity contribution in [2.24, 2.45) is 0 Å². The van der Waals surface area contributed by atoms with Crippen LogP contribution in [0.15, 0.2) is 12.1 Å². The number of likely N-dealkylation sites (tertiary alicyclic amines) is 1. The fourth-order valence-corrected chi connectivity index (χ4v) is 3.53. The molecule has 4 heteroatoms. The van der Waals surface area contributed by atoms with Gasteiger partial charge in [0.25, 0.3) is 0 Å². The van der Waals surface area contributed by atoms with Gasteiger partial charge in [-0.3, -0.25) is 0 Å². The Hall–Kier alpha value is -1.58. The van der Waals surface area contributed by atoms with Crippen LogP contribution in [-0.2, 0) is 16.6 Å². The van der Waals surface area contributed by atoms with Gasteiger partial charge in [0, 0.05) is 13.1 Å².